The van der Waals surface area contributed by atoms with Crippen LogP contribution in [-0.4, -0.2) is 33.7 Å². The molecule has 0 unspecified atom stereocenters. The molecule has 23 heavy (non-hydrogen) atoms. The van der Waals surface area contributed by atoms with Crippen molar-refractivity contribution in [2.75, 3.05) is 18.2 Å². The second-order valence-electron chi connectivity index (χ2n) is 4.60. The van der Waals surface area contributed by atoms with E-state index in [4.69, 9.17) is 16.3 Å². The molecule has 0 spiro atoms. The minimum Gasteiger partial charge on any atom is -0.497 e. The van der Waals surface area contributed by atoms with E-state index < -0.39 is 0 Å². The van der Waals surface area contributed by atoms with Crippen molar-refractivity contribution in [3.8, 4) is 5.75 Å². The number of aromatic amines is 1. The number of hydrogen-bond acceptors (Lipinski definition) is 5. The molecule has 8 heteroatoms. The minimum absolute atomic E-state index is 0.178. The van der Waals surface area contributed by atoms with E-state index in [1.54, 1.807) is 25.4 Å². The minimum atomic E-state index is -0.178. The molecule has 3 aromatic rings. The first-order valence-electron chi connectivity index (χ1n) is 6.72. The number of benzene rings is 1. The van der Waals surface area contributed by atoms with Crippen LogP contribution in [0, 0.1) is 0 Å². The number of aromatic nitrogens is 3. The van der Waals surface area contributed by atoms with E-state index in [-0.39, 0.29) is 16.8 Å². The van der Waals surface area contributed by atoms with Crippen molar-refractivity contribution in [3.63, 3.8) is 0 Å². The van der Waals surface area contributed by atoms with Gasteiger partial charge in [0.1, 0.15) is 5.75 Å². The zero-order valence-corrected chi connectivity index (χ0v) is 13.7. The lowest BCUT2D eigenvalue weighted by Crippen LogP contribution is -2.14. The molecule has 0 saturated carbocycles. The summed E-state index contributed by atoms with van der Waals surface area (Å²) >= 11 is 7.21. The molecule has 1 aromatic carbocycles. The maximum atomic E-state index is 12.0. The number of thioether (sulfide) groups is 1. The standard InChI is InChI=1S/C15H13ClN4O2S/c1-22-9-4-5-10-12(7-9)20-15(19-10)23-8-13(21)18-11-3-2-6-17-14(11)16/h2-7H,8H2,1H3,(H,18,21)(H,19,20). The van der Waals surface area contributed by atoms with Crippen LogP contribution in [-0.2, 0) is 4.79 Å². The molecular formula is C15H13ClN4O2S. The maximum Gasteiger partial charge on any atom is 0.234 e. The number of methoxy groups -OCH3 is 1. The normalized spacial score (nSPS) is 10.7. The molecule has 0 radical (unpaired) electrons. The van der Waals surface area contributed by atoms with Crippen LogP contribution in [0.3, 0.4) is 0 Å². The van der Waals surface area contributed by atoms with Crippen molar-refractivity contribution in [1.29, 1.82) is 0 Å². The Balaban J connectivity index is 1.64. The largest absolute Gasteiger partial charge is 0.497 e. The zero-order chi connectivity index (χ0) is 16.2. The van der Waals surface area contributed by atoms with E-state index in [0.29, 0.717) is 10.8 Å². The molecule has 3 rings (SSSR count). The first-order chi connectivity index (χ1) is 11.2. The molecule has 0 aliphatic heterocycles. The Hall–Kier alpha value is -2.25. The highest BCUT2D eigenvalue weighted by Crippen LogP contribution is 2.23. The first-order valence-corrected chi connectivity index (χ1v) is 8.09. The molecule has 118 valence electrons. The van der Waals surface area contributed by atoms with Crippen LogP contribution < -0.4 is 10.1 Å². The van der Waals surface area contributed by atoms with Gasteiger partial charge in [-0.2, -0.15) is 0 Å². The SMILES string of the molecule is COc1ccc2nc(SCC(=O)Nc3cccnc3Cl)[nH]c2c1. The first kappa shape index (κ1) is 15.6. The van der Waals surface area contributed by atoms with Crippen molar-refractivity contribution < 1.29 is 9.53 Å². The third-order valence-corrected chi connectivity index (χ3v) is 4.21. The predicted octanol–water partition coefficient (Wildman–Crippen LogP) is 3.35. The Morgan fingerprint density at radius 2 is 2.30 bits per heavy atom. The van der Waals surface area contributed by atoms with Gasteiger partial charge < -0.3 is 15.0 Å². The number of carbonyl (C=O) groups excluding carboxylic acids is 1. The van der Waals surface area contributed by atoms with Gasteiger partial charge in [-0.1, -0.05) is 23.4 Å². The molecule has 0 bridgehead atoms. The number of amides is 1. The molecule has 2 heterocycles. The maximum absolute atomic E-state index is 12.0. The molecule has 0 fully saturated rings. The fourth-order valence-electron chi connectivity index (χ4n) is 1.96. The monoisotopic (exact) mass is 348 g/mol. The number of fused-ring (bicyclic) bond motifs is 1. The quantitative estimate of drug-likeness (QED) is 0.546. The number of hydrogen-bond donors (Lipinski definition) is 2. The summed E-state index contributed by atoms with van der Waals surface area (Å²) < 4.78 is 5.17. The van der Waals surface area contributed by atoms with Gasteiger partial charge in [0.2, 0.25) is 5.91 Å². The lowest BCUT2D eigenvalue weighted by atomic mass is 10.3. The van der Waals surface area contributed by atoms with Gasteiger partial charge in [-0.15, -0.1) is 0 Å². The molecule has 1 amide bonds. The Bertz CT molecular complexity index is 852. The van der Waals surface area contributed by atoms with Crippen LogP contribution in [0.25, 0.3) is 11.0 Å². The predicted molar refractivity (Wildman–Crippen MR) is 91.2 cm³/mol. The number of nitrogens with one attached hydrogen (secondary N) is 2. The van der Waals surface area contributed by atoms with Crippen molar-refractivity contribution in [3.05, 3.63) is 41.7 Å². The Labute approximate surface area is 141 Å². The van der Waals surface area contributed by atoms with Crippen LogP contribution >= 0.6 is 23.4 Å². The summed E-state index contributed by atoms with van der Waals surface area (Å²) in [7, 11) is 1.61. The van der Waals surface area contributed by atoms with Crippen LogP contribution in [0.1, 0.15) is 0 Å². The van der Waals surface area contributed by atoms with Crippen LogP contribution in [0.5, 0.6) is 5.75 Å². The molecule has 0 aliphatic rings. The van der Waals surface area contributed by atoms with E-state index in [9.17, 15) is 4.79 Å². The molecule has 0 saturated heterocycles. The van der Waals surface area contributed by atoms with E-state index in [1.807, 2.05) is 18.2 Å². The fraction of sp³-hybridized carbons (Fsp3) is 0.133. The topological polar surface area (TPSA) is 79.9 Å². The second kappa shape index (κ2) is 6.89. The Kier molecular flexibility index (Phi) is 4.68. The van der Waals surface area contributed by atoms with E-state index in [1.165, 1.54) is 11.8 Å². The number of imidazole rings is 1. The van der Waals surface area contributed by atoms with Crippen molar-refractivity contribution in [1.82, 2.24) is 15.0 Å². The summed E-state index contributed by atoms with van der Waals surface area (Å²) in [6, 6.07) is 8.98. The zero-order valence-electron chi connectivity index (χ0n) is 12.2. The molecule has 2 aromatic heterocycles. The Morgan fingerprint density at radius 1 is 1.43 bits per heavy atom. The van der Waals surface area contributed by atoms with Gasteiger partial charge in [-0.25, -0.2) is 9.97 Å². The third-order valence-electron chi connectivity index (χ3n) is 3.04. The second-order valence-corrected chi connectivity index (χ2v) is 5.93. The van der Waals surface area contributed by atoms with Gasteiger partial charge in [-0.3, -0.25) is 4.79 Å². The van der Waals surface area contributed by atoms with E-state index >= 15 is 0 Å². The number of nitrogens with zero attached hydrogens (tertiary/aromatic N) is 2. The lowest BCUT2D eigenvalue weighted by molar-refractivity contribution is -0.113. The number of halogens is 1. The number of rotatable bonds is 5. The van der Waals surface area contributed by atoms with E-state index in [2.05, 4.69) is 20.3 Å². The average Bonchev–Trinajstić information content (AvgIpc) is 2.97. The fourth-order valence-corrected chi connectivity index (χ4v) is 2.81. The molecule has 6 nitrogen and oxygen atoms in total. The van der Waals surface area contributed by atoms with Crippen molar-refractivity contribution >= 4 is 46.0 Å². The Morgan fingerprint density at radius 3 is 3.09 bits per heavy atom. The van der Waals surface area contributed by atoms with Gasteiger partial charge in [0, 0.05) is 12.3 Å². The average molecular weight is 349 g/mol. The van der Waals surface area contributed by atoms with E-state index in [0.717, 1.165) is 16.8 Å². The van der Waals surface area contributed by atoms with Gasteiger partial charge >= 0.3 is 0 Å². The molecule has 2 N–H and O–H groups in total. The number of ether oxygens (including phenoxy) is 1. The van der Waals surface area contributed by atoms with Gasteiger partial charge in [0.05, 0.1) is 29.6 Å². The summed E-state index contributed by atoms with van der Waals surface area (Å²) in [4.78, 5) is 23.5. The highest BCUT2D eigenvalue weighted by Gasteiger charge is 2.09. The lowest BCUT2D eigenvalue weighted by Gasteiger charge is -2.04. The highest BCUT2D eigenvalue weighted by molar-refractivity contribution is 7.99. The molecule has 0 atom stereocenters. The third kappa shape index (κ3) is 3.75. The summed E-state index contributed by atoms with van der Waals surface area (Å²) in [5.41, 5.74) is 2.18. The summed E-state index contributed by atoms with van der Waals surface area (Å²) in [6.45, 7) is 0. The van der Waals surface area contributed by atoms with Crippen molar-refractivity contribution in [2.45, 2.75) is 5.16 Å². The summed E-state index contributed by atoms with van der Waals surface area (Å²) in [5, 5.41) is 3.65. The summed E-state index contributed by atoms with van der Waals surface area (Å²) in [5.74, 6) is 0.784. The van der Waals surface area contributed by atoms with Crippen LogP contribution in [0.15, 0.2) is 41.7 Å². The van der Waals surface area contributed by atoms with Gasteiger partial charge in [0.25, 0.3) is 0 Å². The summed E-state index contributed by atoms with van der Waals surface area (Å²) in [6.07, 6.45) is 1.56. The highest BCUT2D eigenvalue weighted by atomic mass is 35.5. The van der Waals surface area contributed by atoms with Crippen LogP contribution in [0.4, 0.5) is 5.69 Å². The number of carbonyl (C=O) groups is 1. The molecular weight excluding hydrogens is 336 g/mol. The number of anilines is 1. The smallest absolute Gasteiger partial charge is 0.234 e. The molecule has 0 aliphatic carbocycles. The van der Waals surface area contributed by atoms with Crippen LogP contribution in [0.2, 0.25) is 5.15 Å². The van der Waals surface area contributed by atoms with Gasteiger partial charge in [0.15, 0.2) is 10.3 Å². The van der Waals surface area contributed by atoms with Gasteiger partial charge in [-0.05, 0) is 24.3 Å². The number of pyridine rings is 1. The number of H-pyrrole nitrogens is 1. The van der Waals surface area contributed by atoms with Crippen molar-refractivity contribution in [2.24, 2.45) is 0 Å².